The number of hydrogen-bond donors (Lipinski definition) is 0. The monoisotopic (exact) mass is 434 g/mol. The third-order valence-electron chi connectivity index (χ3n) is 4.94. The SMILES string of the molecule is CCS(=O)(=O)c1c(-c2nc3cc(C(F)(F)F)cnc3n2C)ncc2cc(C)ccc12. The molecule has 4 aromatic rings. The predicted molar refractivity (Wildman–Crippen MR) is 107 cm³/mol. The second kappa shape index (κ2) is 6.76. The van der Waals surface area contributed by atoms with E-state index in [4.69, 9.17) is 0 Å². The van der Waals surface area contributed by atoms with E-state index in [-0.39, 0.29) is 33.3 Å². The third kappa shape index (κ3) is 3.20. The quantitative estimate of drug-likeness (QED) is 0.480. The van der Waals surface area contributed by atoms with Crippen molar-refractivity contribution in [3.8, 4) is 11.5 Å². The van der Waals surface area contributed by atoms with Crippen LogP contribution < -0.4 is 0 Å². The van der Waals surface area contributed by atoms with Crippen LogP contribution in [0.4, 0.5) is 13.2 Å². The van der Waals surface area contributed by atoms with Crippen molar-refractivity contribution in [3.63, 3.8) is 0 Å². The van der Waals surface area contributed by atoms with Crippen LogP contribution in [0.2, 0.25) is 0 Å². The number of alkyl halides is 3. The number of imidazole rings is 1. The van der Waals surface area contributed by atoms with Crippen molar-refractivity contribution in [2.24, 2.45) is 7.05 Å². The van der Waals surface area contributed by atoms with Gasteiger partial charge in [0, 0.05) is 30.2 Å². The summed E-state index contributed by atoms with van der Waals surface area (Å²) in [6.07, 6.45) is -2.29. The maximum atomic E-state index is 13.1. The highest BCUT2D eigenvalue weighted by atomic mass is 32.2. The Bertz CT molecular complexity index is 1410. The number of nitrogens with zero attached hydrogens (tertiary/aromatic N) is 4. The molecule has 0 saturated heterocycles. The van der Waals surface area contributed by atoms with Gasteiger partial charge in [0.05, 0.1) is 11.3 Å². The highest BCUT2D eigenvalue weighted by Crippen LogP contribution is 2.35. The number of aryl methyl sites for hydroxylation is 2. The molecule has 4 rings (SSSR count). The highest BCUT2D eigenvalue weighted by molar-refractivity contribution is 7.91. The van der Waals surface area contributed by atoms with E-state index in [2.05, 4.69) is 15.0 Å². The van der Waals surface area contributed by atoms with Gasteiger partial charge in [-0.25, -0.2) is 18.4 Å². The lowest BCUT2D eigenvalue weighted by Gasteiger charge is -2.12. The highest BCUT2D eigenvalue weighted by Gasteiger charge is 2.32. The van der Waals surface area contributed by atoms with E-state index in [1.54, 1.807) is 25.4 Å². The molecule has 0 aliphatic rings. The molecule has 30 heavy (non-hydrogen) atoms. The molecule has 0 aliphatic carbocycles. The van der Waals surface area contributed by atoms with Crippen LogP contribution in [0.3, 0.4) is 0 Å². The Morgan fingerprint density at radius 2 is 1.83 bits per heavy atom. The Balaban J connectivity index is 2.06. The number of halogens is 3. The van der Waals surface area contributed by atoms with Gasteiger partial charge in [-0.05, 0) is 19.1 Å². The van der Waals surface area contributed by atoms with Gasteiger partial charge in [0.1, 0.15) is 16.1 Å². The molecule has 3 aromatic heterocycles. The van der Waals surface area contributed by atoms with Gasteiger partial charge < -0.3 is 4.57 Å². The molecule has 0 spiro atoms. The fourth-order valence-electron chi connectivity index (χ4n) is 3.38. The van der Waals surface area contributed by atoms with Crippen molar-refractivity contribution < 1.29 is 21.6 Å². The second-order valence-corrected chi connectivity index (χ2v) is 9.20. The largest absolute Gasteiger partial charge is 0.417 e. The molecule has 0 fully saturated rings. The first-order valence-electron chi connectivity index (χ1n) is 9.05. The number of hydrogen-bond acceptors (Lipinski definition) is 5. The normalized spacial score (nSPS) is 12.7. The van der Waals surface area contributed by atoms with Crippen molar-refractivity contribution in [1.29, 1.82) is 0 Å². The van der Waals surface area contributed by atoms with Crippen LogP contribution in [-0.4, -0.2) is 33.7 Å². The molecular formula is C20H17F3N4O2S. The zero-order valence-electron chi connectivity index (χ0n) is 16.3. The van der Waals surface area contributed by atoms with E-state index in [9.17, 15) is 21.6 Å². The van der Waals surface area contributed by atoms with Gasteiger partial charge in [-0.2, -0.15) is 13.2 Å². The molecule has 0 atom stereocenters. The average Bonchev–Trinajstić information content (AvgIpc) is 3.02. The molecule has 1 aromatic carbocycles. The molecule has 0 amide bonds. The van der Waals surface area contributed by atoms with Gasteiger partial charge in [-0.1, -0.05) is 24.6 Å². The minimum Gasteiger partial charge on any atom is -0.310 e. The number of benzene rings is 1. The van der Waals surface area contributed by atoms with Crippen molar-refractivity contribution in [1.82, 2.24) is 19.5 Å². The fourth-order valence-corrected chi connectivity index (χ4v) is 4.63. The standard InChI is InChI=1S/C20H17F3N4O2S/c1-4-30(28,29)17-14-6-5-11(2)7-12(14)9-24-16(17)19-26-15-8-13(20(21,22)23)10-25-18(15)27(19)3/h5-10H,4H2,1-3H3. The molecule has 10 heteroatoms. The molecule has 0 radical (unpaired) electrons. The van der Waals surface area contributed by atoms with Crippen molar-refractivity contribution >= 4 is 31.8 Å². The maximum absolute atomic E-state index is 13.1. The molecule has 0 bridgehead atoms. The van der Waals surface area contributed by atoms with Gasteiger partial charge in [0.25, 0.3) is 0 Å². The van der Waals surface area contributed by atoms with Crippen LogP contribution in [-0.2, 0) is 23.1 Å². The van der Waals surface area contributed by atoms with E-state index < -0.39 is 21.6 Å². The minimum absolute atomic E-state index is 0.00738. The zero-order valence-corrected chi connectivity index (χ0v) is 17.1. The number of pyridine rings is 2. The van der Waals surface area contributed by atoms with Gasteiger partial charge in [-0.15, -0.1) is 0 Å². The summed E-state index contributed by atoms with van der Waals surface area (Å²) in [6.45, 7) is 3.41. The number of fused-ring (bicyclic) bond motifs is 2. The maximum Gasteiger partial charge on any atom is 0.417 e. The van der Waals surface area contributed by atoms with Crippen LogP contribution in [0.1, 0.15) is 18.1 Å². The summed E-state index contributed by atoms with van der Waals surface area (Å²) in [4.78, 5) is 12.5. The van der Waals surface area contributed by atoms with Gasteiger partial charge >= 0.3 is 6.18 Å². The van der Waals surface area contributed by atoms with Crippen LogP contribution in [0.25, 0.3) is 33.5 Å². The Morgan fingerprint density at radius 3 is 2.50 bits per heavy atom. The Hall–Kier alpha value is -3.01. The van der Waals surface area contributed by atoms with E-state index in [1.165, 1.54) is 11.5 Å². The Labute approximate surface area is 170 Å². The van der Waals surface area contributed by atoms with Crippen molar-refractivity contribution in [2.75, 3.05) is 5.75 Å². The molecular weight excluding hydrogens is 417 g/mol. The minimum atomic E-state index is -4.56. The van der Waals surface area contributed by atoms with E-state index in [0.29, 0.717) is 10.8 Å². The van der Waals surface area contributed by atoms with Crippen LogP contribution >= 0.6 is 0 Å². The summed E-state index contributed by atoms with van der Waals surface area (Å²) in [7, 11) is -2.15. The van der Waals surface area contributed by atoms with Crippen molar-refractivity contribution in [3.05, 3.63) is 47.8 Å². The molecule has 156 valence electrons. The van der Waals surface area contributed by atoms with Gasteiger partial charge in [-0.3, -0.25) is 4.98 Å². The van der Waals surface area contributed by atoms with Gasteiger partial charge in [0.15, 0.2) is 21.3 Å². The Morgan fingerprint density at radius 1 is 1.10 bits per heavy atom. The summed E-state index contributed by atoms with van der Waals surface area (Å²) in [5, 5.41) is 1.14. The first-order valence-corrected chi connectivity index (χ1v) is 10.7. The first kappa shape index (κ1) is 20.3. The summed E-state index contributed by atoms with van der Waals surface area (Å²) in [6, 6.07) is 6.23. The number of sulfone groups is 1. The van der Waals surface area contributed by atoms with Crippen LogP contribution in [0.5, 0.6) is 0 Å². The van der Waals surface area contributed by atoms with Crippen LogP contribution in [0.15, 0.2) is 41.6 Å². The van der Waals surface area contributed by atoms with Crippen molar-refractivity contribution in [2.45, 2.75) is 24.9 Å². The third-order valence-corrected chi connectivity index (χ3v) is 6.73. The first-order chi connectivity index (χ1) is 14.0. The molecule has 0 N–H and O–H groups in total. The van der Waals surface area contributed by atoms with Gasteiger partial charge in [0.2, 0.25) is 0 Å². The molecule has 0 saturated carbocycles. The Kier molecular flexibility index (Phi) is 4.57. The number of rotatable bonds is 3. The zero-order chi connectivity index (χ0) is 21.8. The molecule has 0 unspecified atom stereocenters. The van der Waals surface area contributed by atoms with E-state index >= 15 is 0 Å². The lowest BCUT2D eigenvalue weighted by molar-refractivity contribution is -0.137. The predicted octanol–water partition coefficient (Wildman–Crippen LogP) is 4.30. The van der Waals surface area contributed by atoms with Crippen LogP contribution in [0, 0.1) is 6.92 Å². The summed E-state index contributed by atoms with van der Waals surface area (Å²) < 4.78 is 66.5. The lowest BCUT2D eigenvalue weighted by atomic mass is 10.1. The van der Waals surface area contributed by atoms with E-state index in [0.717, 1.165) is 17.8 Å². The summed E-state index contributed by atoms with van der Waals surface area (Å²) in [5.41, 5.74) is 0.311. The summed E-state index contributed by atoms with van der Waals surface area (Å²) >= 11 is 0. The molecule has 3 heterocycles. The lowest BCUT2D eigenvalue weighted by Crippen LogP contribution is -2.09. The number of aromatic nitrogens is 4. The molecule has 0 aliphatic heterocycles. The smallest absolute Gasteiger partial charge is 0.310 e. The fraction of sp³-hybridized carbons (Fsp3) is 0.250. The topological polar surface area (TPSA) is 77.7 Å². The van der Waals surface area contributed by atoms with E-state index in [1.807, 2.05) is 13.0 Å². The second-order valence-electron chi connectivity index (χ2n) is 6.99. The average molecular weight is 434 g/mol. The molecule has 6 nitrogen and oxygen atoms in total. The summed E-state index contributed by atoms with van der Waals surface area (Å²) in [5.74, 6) is -0.0268.